The van der Waals surface area contributed by atoms with Gasteiger partial charge >= 0.3 is 0 Å². The van der Waals surface area contributed by atoms with Crippen LogP contribution in [0.1, 0.15) is 11.1 Å². The maximum atomic E-state index is 3.47. The fraction of sp³-hybridized carbons (Fsp3) is 0.364. The Kier molecular flexibility index (Phi) is 3.61. The first kappa shape index (κ1) is 10.8. The summed E-state index contributed by atoms with van der Waals surface area (Å²) in [7, 11) is 1.76. The Bertz CT molecular complexity index is 399. The number of benzene rings is 1. The summed E-state index contributed by atoms with van der Waals surface area (Å²) in [5.41, 5.74) is 2.98. The molecule has 84 valence electrons. The fourth-order valence-corrected chi connectivity index (χ4v) is 1.63. The standard InChI is InChI=1S/C9H11N.C2H4N4/c1-2-4-9-7-10-6-5-8(9)3-1;1-6-2-3-4-5-6/h1-4,10H,5-7H2;2H,1H3. The molecule has 0 saturated carbocycles. The minimum absolute atomic E-state index is 1.05. The molecule has 0 bridgehead atoms. The van der Waals surface area contributed by atoms with Crippen molar-refractivity contribution in [1.29, 1.82) is 0 Å². The summed E-state index contributed by atoms with van der Waals surface area (Å²) in [6.07, 6.45) is 2.72. The highest BCUT2D eigenvalue weighted by Gasteiger charge is 2.05. The first-order valence-electron chi connectivity index (χ1n) is 5.31. The molecule has 3 rings (SSSR count). The van der Waals surface area contributed by atoms with Gasteiger partial charge in [-0.2, -0.15) is 0 Å². The van der Waals surface area contributed by atoms with Crippen LogP contribution >= 0.6 is 0 Å². The lowest BCUT2D eigenvalue weighted by molar-refractivity contribution is 0.644. The molecule has 0 spiro atoms. The minimum atomic E-state index is 1.05. The Balaban J connectivity index is 0.000000138. The second-order valence-electron chi connectivity index (χ2n) is 3.68. The predicted octanol–water partition coefficient (Wildman–Crippen LogP) is 0.542. The molecule has 0 aliphatic carbocycles. The average Bonchev–Trinajstić information content (AvgIpc) is 2.81. The Morgan fingerprint density at radius 2 is 2.06 bits per heavy atom. The molecule has 0 unspecified atom stereocenters. The van der Waals surface area contributed by atoms with Gasteiger partial charge in [0.25, 0.3) is 0 Å². The number of hydrogen-bond donors (Lipinski definition) is 1. The third kappa shape index (κ3) is 2.87. The molecule has 1 N–H and O–H groups in total. The molecule has 0 amide bonds. The van der Waals surface area contributed by atoms with Gasteiger partial charge in [-0.25, -0.2) is 4.68 Å². The normalized spacial score (nSPS) is 13.6. The SMILES string of the molecule is Cn1cnnn1.c1ccc2c(c1)CCNC2. The summed E-state index contributed by atoms with van der Waals surface area (Å²) in [5.74, 6) is 0. The number of hydrogen-bond acceptors (Lipinski definition) is 4. The van der Waals surface area contributed by atoms with Crippen molar-refractivity contribution in [2.24, 2.45) is 7.05 Å². The highest BCUT2D eigenvalue weighted by atomic mass is 15.5. The first-order valence-corrected chi connectivity index (χ1v) is 5.31. The van der Waals surface area contributed by atoms with Crippen LogP contribution < -0.4 is 5.32 Å². The van der Waals surface area contributed by atoms with Crippen molar-refractivity contribution >= 4 is 0 Å². The van der Waals surface area contributed by atoms with Gasteiger partial charge in [0.15, 0.2) is 0 Å². The molecular formula is C11H15N5. The molecular weight excluding hydrogens is 202 g/mol. The van der Waals surface area contributed by atoms with Crippen LogP contribution in [0, 0.1) is 0 Å². The summed E-state index contributed by atoms with van der Waals surface area (Å²) < 4.78 is 1.53. The lowest BCUT2D eigenvalue weighted by atomic mass is 10.0. The minimum Gasteiger partial charge on any atom is -0.312 e. The zero-order chi connectivity index (χ0) is 11.2. The van der Waals surface area contributed by atoms with Gasteiger partial charge < -0.3 is 5.32 Å². The molecule has 0 atom stereocenters. The van der Waals surface area contributed by atoms with Gasteiger partial charge in [-0.05, 0) is 34.5 Å². The summed E-state index contributed by atoms with van der Waals surface area (Å²) in [6.45, 7) is 2.19. The van der Waals surface area contributed by atoms with Crippen LogP contribution in [0.5, 0.6) is 0 Å². The Labute approximate surface area is 94.5 Å². The van der Waals surface area contributed by atoms with Gasteiger partial charge in [0.1, 0.15) is 6.33 Å². The smallest absolute Gasteiger partial charge is 0.137 e. The number of tetrazole rings is 1. The van der Waals surface area contributed by atoms with E-state index in [0.717, 1.165) is 13.1 Å². The van der Waals surface area contributed by atoms with E-state index in [1.165, 1.54) is 28.6 Å². The van der Waals surface area contributed by atoms with E-state index in [2.05, 4.69) is 45.1 Å². The quantitative estimate of drug-likeness (QED) is 0.700. The largest absolute Gasteiger partial charge is 0.312 e. The summed E-state index contributed by atoms with van der Waals surface area (Å²) in [6, 6.07) is 8.63. The Morgan fingerprint density at radius 3 is 2.62 bits per heavy atom. The van der Waals surface area contributed by atoms with E-state index in [0.29, 0.717) is 0 Å². The summed E-state index contributed by atoms with van der Waals surface area (Å²) in [5, 5.41) is 13.5. The highest BCUT2D eigenvalue weighted by molar-refractivity contribution is 5.28. The van der Waals surface area contributed by atoms with Crippen LogP contribution in [0.3, 0.4) is 0 Å². The van der Waals surface area contributed by atoms with Crippen molar-refractivity contribution in [3.63, 3.8) is 0 Å². The Morgan fingerprint density at radius 1 is 1.25 bits per heavy atom. The van der Waals surface area contributed by atoms with Gasteiger partial charge in [-0.15, -0.1) is 5.10 Å². The van der Waals surface area contributed by atoms with Gasteiger partial charge in [0.2, 0.25) is 0 Å². The zero-order valence-electron chi connectivity index (χ0n) is 9.30. The van der Waals surface area contributed by atoms with Crippen LogP contribution in [0.25, 0.3) is 0 Å². The van der Waals surface area contributed by atoms with Crippen molar-refractivity contribution in [1.82, 2.24) is 25.5 Å². The molecule has 0 radical (unpaired) electrons. The monoisotopic (exact) mass is 217 g/mol. The predicted molar refractivity (Wildman–Crippen MR) is 60.7 cm³/mol. The molecule has 1 aromatic carbocycles. The van der Waals surface area contributed by atoms with Gasteiger partial charge in [-0.1, -0.05) is 24.3 Å². The molecule has 1 aromatic heterocycles. The molecule has 16 heavy (non-hydrogen) atoms. The van der Waals surface area contributed by atoms with E-state index in [1.54, 1.807) is 7.05 Å². The topological polar surface area (TPSA) is 55.6 Å². The van der Waals surface area contributed by atoms with Gasteiger partial charge in [0, 0.05) is 13.6 Å². The lowest BCUT2D eigenvalue weighted by Crippen LogP contribution is -2.23. The van der Waals surface area contributed by atoms with Crippen molar-refractivity contribution in [2.75, 3.05) is 6.54 Å². The molecule has 5 heteroatoms. The van der Waals surface area contributed by atoms with E-state index in [9.17, 15) is 0 Å². The number of aromatic nitrogens is 4. The summed E-state index contributed by atoms with van der Waals surface area (Å²) in [4.78, 5) is 0. The van der Waals surface area contributed by atoms with Crippen LogP contribution in [0.4, 0.5) is 0 Å². The lowest BCUT2D eigenvalue weighted by Gasteiger charge is -2.15. The second-order valence-corrected chi connectivity index (χ2v) is 3.68. The molecule has 2 aromatic rings. The number of rotatable bonds is 0. The van der Waals surface area contributed by atoms with E-state index in [4.69, 9.17) is 0 Å². The number of nitrogens with one attached hydrogen (secondary N) is 1. The molecule has 1 aliphatic rings. The third-order valence-electron chi connectivity index (χ3n) is 2.46. The number of nitrogens with zero attached hydrogens (tertiary/aromatic N) is 4. The van der Waals surface area contributed by atoms with Gasteiger partial charge in [0.05, 0.1) is 0 Å². The maximum absolute atomic E-state index is 3.47. The van der Waals surface area contributed by atoms with Crippen molar-refractivity contribution < 1.29 is 0 Å². The van der Waals surface area contributed by atoms with Crippen molar-refractivity contribution in [3.8, 4) is 0 Å². The van der Waals surface area contributed by atoms with Crippen LogP contribution in [0.15, 0.2) is 30.6 Å². The number of fused-ring (bicyclic) bond motifs is 1. The summed E-state index contributed by atoms with van der Waals surface area (Å²) >= 11 is 0. The molecule has 2 heterocycles. The van der Waals surface area contributed by atoms with E-state index in [-0.39, 0.29) is 0 Å². The Hall–Kier alpha value is -1.75. The zero-order valence-corrected chi connectivity index (χ0v) is 9.30. The van der Waals surface area contributed by atoms with Crippen LogP contribution in [-0.4, -0.2) is 26.8 Å². The number of aryl methyl sites for hydroxylation is 1. The molecule has 1 aliphatic heterocycles. The highest BCUT2D eigenvalue weighted by Crippen LogP contribution is 2.11. The first-order chi connectivity index (χ1) is 7.86. The second kappa shape index (κ2) is 5.37. The average molecular weight is 217 g/mol. The van der Waals surface area contributed by atoms with E-state index >= 15 is 0 Å². The molecule has 5 nitrogen and oxygen atoms in total. The van der Waals surface area contributed by atoms with Crippen molar-refractivity contribution in [3.05, 3.63) is 41.7 Å². The fourth-order valence-electron chi connectivity index (χ4n) is 1.63. The van der Waals surface area contributed by atoms with Gasteiger partial charge in [-0.3, -0.25) is 0 Å². The van der Waals surface area contributed by atoms with E-state index in [1.807, 2.05) is 0 Å². The van der Waals surface area contributed by atoms with Crippen LogP contribution in [-0.2, 0) is 20.0 Å². The van der Waals surface area contributed by atoms with E-state index < -0.39 is 0 Å². The maximum Gasteiger partial charge on any atom is 0.137 e. The molecule has 0 saturated heterocycles. The van der Waals surface area contributed by atoms with Crippen LogP contribution in [0.2, 0.25) is 0 Å². The van der Waals surface area contributed by atoms with Crippen molar-refractivity contribution in [2.45, 2.75) is 13.0 Å². The molecule has 0 fully saturated rings. The third-order valence-corrected chi connectivity index (χ3v) is 2.46.